The molecule has 116 valence electrons. The van der Waals surface area contributed by atoms with Crippen LogP contribution in [0.2, 0.25) is 0 Å². The number of ketones is 1. The van der Waals surface area contributed by atoms with Crippen LogP contribution in [-0.2, 0) is 0 Å². The Labute approximate surface area is 142 Å². The first-order chi connectivity index (χ1) is 11.7. The predicted octanol–water partition coefficient (Wildman–Crippen LogP) is 5.67. The summed E-state index contributed by atoms with van der Waals surface area (Å²) in [5.41, 5.74) is 3.87. The van der Waals surface area contributed by atoms with Crippen molar-refractivity contribution in [1.29, 1.82) is 0 Å². The van der Waals surface area contributed by atoms with Crippen LogP contribution in [0.3, 0.4) is 0 Å². The van der Waals surface area contributed by atoms with Gasteiger partial charge in [-0.15, -0.1) is 0 Å². The van der Waals surface area contributed by atoms with Crippen LogP contribution in [0, 0.1) is 0 Å². The van der Waals surface area contributed by atoms with Gasteiger partial charge in [-0.3, -0.25) is 4.79 Å². The van der Waals surface area contributed by atoms with Crippen molar-refractivity contribution in [2.45, 2.75) is 12.8 Å². The number of fused-ring (bicyclic) bond motifs is 1. The molecular formula is C23H18O. The molecule has 0 radical (unpaired) electrons. The molecule has 4 rings (SSSR count). The molecule has 0 N–H and O–H groups in total. The first-order valence-corrected chi connectivity index (χ1v) is 8.22. The third kappa shape index (κ3) is 2.48. The number of hydrogen-bond acceptors (Lipinski definition) is 1. The van der Waals surface area contributed by atoms with Gasteiger partial charge in [0.05, 0.1) is 0 Å². The van der Waals surface area contributed by atoms with Crippen LogP contribution in [0.1, 0.15) is 34.3 Å². The van der Waals surface area contributed by atoms with Crippen LogP contribution < -0.4 is 0 Å². The molecule has 1 heteroatoms. The summed E-state index contributed by atoms with van der Waals surface area (Å²) in [6.45, 7) is 2.09. The Bertz CT molecular complexity index is 977. The molecule has 0 aromatic heterocycles. The summed E-state index contributed by atoms with van der Waals surface area (Å²) < 4.78 is 0. The van der Waals surface area contributed by atoms with Gasteiger partial charge in [-0.05, 0) is 23.3 Å². The van der Waals surface area contributed by atoms with Crippen molar-refractivity contribution in [2.24, 2.45) is 0 Å². The van der Waals surface area contributed by atoms with Crippen molar-refractivity contribution in [3.05, 3.63) is 107 Å². The maximum atomic E-state index is 13.3. The van der Waals surface area contributed by atoms with E-state index in [-0.39, 0.29) is 11.7 Å². The van der Waals surface area contributed by atoms with Crippen molar-refractivity contribution in [2.75, 3.05) is 0 Å². The molecule has 3 aromatic rings. The molecule has 1 unspecified atom stereocenters. The van der Waals surface area contributed by atoms with Crippen molar-refractivity contribution in [3.63, 3.8) is 0 Å². The van der Waals surface area contributed by atoms with Crippen molar-refractivity contribution >= 4 is 16.6 Å². The van der Waals surface area contributed by atoms with Crippen LogP contribution in [0.25, 0.3) is 10.8 Å². The van der Waals surface area contributed by atoms with Crippen LogP contribution in [-0.4, -0.2) is 5.78 Å². The monoisotopic (exact) mass is 310 g/mol. The van der Waals surface area contributed by atoms with E-state index in [1.165, 1.54) is 5.57 Å². The number of carbonyl (C=O) groups is 1. The van der Waals surface area contributed by atoms with Gasteiger partial charge >= 0.3 is 0 Å². The molecule has 0 saturated carbocycles. The highest BCUT2D eigenvalue weighted by Gasteiger charge is 2.21. The molecule has 0 fully saturated rings. The minimum atomic E-state index is 0.0914. The van der Waals surface area contributed by atoms with E-state index >= 15 is 0 Å². The lowest BCUT2D eigenvalue weighted by Gasteiger charge is -2.15. The molecule has 1 nitrogen and oxygen atoms in total. The molecule has 0 spiro atoms. The van der Waals surface area contributed by atoms with E-state index in [0.717, 1.165) is 27.5 Å². The summed E-state index contributed by atoms with van der Waals surface area (Å²) in [7, 11) is 0. The maximum Gasteiger partial charge on any atom is 0.193 e. The fraction of sp³-hybridized carbons (Fsp3) is 0.0870. The minimum Gasteiger partial charge on any atom is -0.289 e. The predicted molar refractivity (Wildman–Crippen MR) is 99.5 cm³/mol. The first-order valence-electron chi connectivity index (χ1n) is 8.22. The molecule has 3 aromatic carbocycles. The second-order valence-electron chi connectivity index (χ2n) is 6.24. The molecule has 0 saturated heterocycles. The highest BCUT2D eigenvalue weighted by Crippen LogP contribution is 2.34. The third-order valence-corrected chi connectivity index (χ3v) is 4.59. The molecule has 0 aliphatic heterocycles. The van der Waals surface area contributed by atoms with E-state index in [4.69, 9.17) is 0 Å². The lowest BCUT2D eigenvalue weighted by molar-refractivity contribution is 0.103. The molecule has 1 atom stereocenters. The summed E-state index contributed by atoms with van der Waals surface area (Å²) in [6.07, 6.45) is 6.50. The number of rotatable bonds is 3. The Balaban J connectivity index is 1.97. The first kappa shape index (κ1) is 14.6. The zero-order chi connectivity index (χ0) is 16.5. The van der Waals surface area contributed by atoms with Crippen LogP contribution in [0.5, 0.6) is 0 Å². The van der Waals surface area contributed by atoms with Crippen LogP contribution >= 0.6 is 0 Å². The largest absolute Gasteiger partial charge is 0.289 e. The van der Waals surface area contributed by atoms with E-state index in [1.54, 1.807) is 0 Å². The minimum absolute atomic E-state index is 0.0914. The van der Waals surface area contributed by atoms with Gasteiger partial charge in [-0.1, -0.05) is 90.5 Å². The summed E-state index contributed by atoms with van der Waals surface area (Å²) in [6, 6.07) is 21.9. The summed E-state index contributed by atoms with van der Waals surface area (Å²) in [4.78, 5) is 13.3. The lowest BCUT2D eigenvalue weighted by Crippen LogP contribution is -2.08. The number of carbonyl (C=O) groups excluding carboxylic acids is 1. The second-order valence-corrected chi connectivity index (χ2v) is 6.24. The van der Waals surface area contributed by atoms with Crippen LogP contribution in [0.15, 0.2) is 90.5 Å². The van der Waals surface area contributed by atoms with Gasteiger partial charge in [0.25, 0.3) is 0 Å². The highest BCUT2D eigenvalue weighted by atomic mass is 16.1. The van der Waals surface area contributed by atoms with Gasteiger partial charge in [0.1, 0.15) is 0 Å². The standard InChI is InChI=1S/C23H18O/c1-16-11-12-19(15-16)21-14-13-17-7-5-6-10-20(17)22(21)23(24)18-8-3-2-4-9-18/h2-15,19H,1H3. The lowest BCUT2D eigenvalue weighted by atomic mass is 9.87. The van der Waals surface area contributed by atoms with E-state index in [2.05, 4.69) is 43.4 Å². The number of hydrogen-bond donors (Lipinski definition) is 0. The van der Waals surface area contributed by atoms with Gasteiger partial charge < -0.3 is 0 Å². The quantitative estimate of drug-likeness (QED) is 0.570. The van der Waals surface area contributed by atoms with Crippen molar-refractivity contribution < 1.29 is 4.79 Å². The smallest absolute Gasteiger partial charge is 0.193 e. The SMILES string of the molecule is CC1=CC(c2ccc3ccccc3c2C(=O)c2ccccc2)C=C1. The molecule has 0 amide bonds. The summed E-state index contributed by atoms with van der Waals surface area (Å²) in [5.74, 6) is 0.256. The summed E-state index contributed by atoms with van der Waals surface area (Å²) >= 11 is 0. The van der Waals surface area contributed by atoms with Gasteiger partial charge in [-0.2, -0.15) is 0 Å². The van der Waals surface area contributed by atoms with E-state index in [1.807, 2.05) is 48.5 Å². The second kappa shape index (κ2) is 5.93. The zero-order valence-electron chi connectivity index (χ0n) is 13.6. The highest BCUT2D eigenvalue weighted by molar-refractivity contribution is 6.17. The van der Waals surface area contributed by atoms with Gasteiger partial charge in [-0.25, -0.2) is 0 Å². The van der Waals surface area contributed by atoms with Gasteiger partial charge in [0.2, 0.25) is 0 Å². The Morgan fingerprint density at radius 3 is 2.38 bits per heavy atom. The molecule has 1 aliphatic rings. The topological polar surface area (TPSA) is 17.1 Å². The average Bonchev–Trinajstić information content (AvgIpc) is 3.07. The van der Waals surface area contributed by atoms with Gasteiger partial charge in [0, 0.05) is 17.0 Å². The van der Waals surface area contributed by atoms with Gasteiger partial charge in [0.15, 0.2) is 5.78 Å². The maximum absolute atomic E-state index is 13.3. The molecular weight excluding hydrogens is 292 g/mol. The van der Waals surface area contributed by atoms with Crippen molar-refractivity contribution in [3.8, 4) is 0 Å². The van der Waals surface area contributed by atoms with E-state index < -0.39 is 0 Å². The fourth-order valence-corrected chi connectivity index (χ4v) is 3.40. The van der Waals surface area contributed by atoms with Crippen LogP contribution in [0.4, 0.5) is 0 Å². The Morgan fingerprint density at radius 1 is 0.875 bits per heavy atom. The fourth-order valence-electron chi connectivity index (χ4n) is 3.40. The number of benzene rings is 3. The van der Waals surface area contributed by atoms with Crippen molar-refractivity contribution in [1.82, 2.24) is 0 Å². The van der Waals surface area contributed by atoms with E-state index in [0.29, 0.717) is 0 Å². The Kier molecular flexibility index (Phi) is 3.62. The normalized spacial score (nSPS) is 16.4. The average molecular weight is 310 g/mol. The molecule has 0 bridgehead atoms. The molecule has 0 heterocycles. The summed E-state index contributed by atoms with van der Waals surface area (Å²) in [5, 5.41) is 2.12. The number of allylic oxidation sites excluding steroid dienone is 4. The third-order valence-electron chi connectivity index (χ3n) is 4.59. The molecule has 24 heavy (non-hydrogen) atoms. The Morgan fingerprint density at radius 2 is 1.62 bits per heavy atom. The zero-order valence-corrected chi connectivity index (χ0v) is 13.6. The van der Waals surface area contributed by atoms with E-state index in [9.17, 15) is 4.79 Å². The Hall–Kier alpha value is -2.93. The molecule has 1 aliphatic carbocycles.